The van der Waals surface area contributed by atoms with Crippen LogP contribution in [0.3, 0.4) is 0 Å². The molecule has 1 aromatic rings. The van der Waals surface area contributed by atoms with E-state index in [0.29, 0.717) is 18.9 Å². The Morgan fingerprint density at radius 3 is 2.80 bits per heavy atom. The lowest BCUT2D eigenvalue weighted by Crippen LogP contribution is -2.35. The first-order valence-corrected chi connectivity index (χ1v) is 7.32. The summed E-state index contributed by atoms with van der Waals surface area (Å²) in [5, 5.41) is 2.83. The summed E-state index contributed by atoms with van der Waals surface area (Å²) in [5.74, 6) is 1.09. The summed E-state index contributed by atoms with van der Waals surface area (Å²) < 4.78 is 5.63. The minimum Gasteiger partial charge on any atom is -0.493 e. The van der Waals surface area contributed by atoms with Crippen LogP contribution in [0.1, 0.15) is 40.0 Å². The van der Waals surface area contributed by atoms with Crippen LogP contribution >= 0.6 is 0 Å². The summed E-state index contributed by atoms with van der Waals surface area (Å²) in [4.78, 5) is 11.9. The zero-order valence-corrected chi connectivity index (χ0v) is 12.7. The minimum absolute atomic E-state index is 0.139. The molecule has 3 N–H and O–H groups in total. The molecule has 0 aliphatic rings. The molecule has 0 bridgehead atoms. The van der Waals surface area contributed by atoms with E-state index in [2.05, 4.69) is 26.1 Å². The van der Waals surface area contributed by atoms with Crippen molar-refractivity contribution < 1.29 is 9.53 Å². The van der Waals surface area contributed by atoms with Gasteiger partial charge in [0.15, 0.2) is 0 Å². The molecule has 1 aromatic carbocycles. The first kappa shape index (κ1) is 16.5. The zero-order valence-electron chi connectivity index (χ0n) is 12.7. The SMILES string of the molecule is CCCC[C@H](N)C(=O)Nc1cccc(OCC(C)C)c1. The number of carbonyl (C=O) groups excluding carboxylic acids is 1. The Morgan fingerprint density at radius 2 is 2.15 bits per heavy atom. The first-order chi connectivity index (χ1) is 9.52. The van der Waals surface area contributed by atoms with Gasteiger partial charge in [-0.3, -0.25) is 4.79 Å². The maximum Gasteiger partial charge on any atom is 0.241 e. The van der Waals surface area contributed by atoms with Gasteiger partial charge in [-0.05, 0) is 24.5 Å². The van der Waals surface area contributed by atoms with Crippen molar-refractivity contribution in [3.8, 4) is 5.75 Å². The van der Waals surface area contributed by atoms with Crippen LogP contribution in [0, 0.1) is 5.92 Å². The number of hydrogen-bond acceptors (Lipinski definition) is 3. The molecule has 0 heterocycles. The van der Waals surface area contributed by atoms with Crippen molar-refractivity contribution in [3.05, 3.63) is 24.3 Å². The molecule has 0 spiro atoms. The summed E-state index contributed by atoms with van der Waals surface area (Å²) in [6, 6.07) is 6.97. The third-order valence-electron chi connectivity index (χ3n) is 2.89. The second-order valence-electron chi connectivity index (χ2n) is 5.47. The smallest absolute Gasteiger partial charge is 0.241 e. The second-order valence-corrected chi connectivity index (χ2v) is 5.47. The number of nitrogens with one attached hydrogen (secondary N) is 1. The van der Waals surface area contributed by atoms with Crippen LogP contribution in [0.2, 0.25) is 0 Å². The molecule has 0 unspecified atom stereocenters. The van der Waals surface area contributed by atoms with Crippen molar-refractivity contribution in [1.29, 1.82) is 0 Å². The maximum absolute atomic E-state index is 11.9. The normalized spacial score (nSPS) is 12.2. The van der Waals surface area contributed by atoms with E-state index in [1.54, 1.807) is 0 Å². The van der Waals surface area contributed by atoms with Crippen LogP contribution in [-0.4, -0.2) is 18.6 Å². The Kier molecular flexibility index (Phi) is 7.09. The number of carbonyl (C=O) groups is 1. The van der Waals surface area contributed by atoms with Crippen LogP contribution in [0.25, 0.3) is 0 Å². The van der Waals surface area contributed by atoms with Crippen LogP contribution in [-0.2, 0) is 4.79 Å². The van der Waals surface area contributed by atoms with Gasteiger partial charge in [-0.25, -0.2) is 0 Å². The van der Waals surface area contributed by atoms with Gasteiger partial charge < -0.3 is 15.8 Å². The molecule has 112 valence electrons. The van der Waals surface area contributed by atoms with E-state index in [-0.39, 0.29) is 5.91 Å². The topological polar surface area (TPSA) is 64.4 Å². The average Bonchev–Trinajstić information content (AvgIpc) is 2.42. The fourth-order valence-electron chi connectivity index (χ4n) is 1.72. The van der Waals surface area contributed by atoms with E-state index in [1.807, 2.05) is 24.3 Å². The predicted octanol–water partition coefficient (Wildman–Crippen LogP) is 3.18. The van der Waals surface area contributed by atoms with E-state index >= 15 is 0 Å². The molecule has 1 rings (SSSR count). The predicted molar refractivity (Wildman–Crippen MR) is 82.9 cm³/mol. The lowest BCUT2D eigenvalue weighted by atomic mass is 10.1. The van der Waals surface area contributed by atoms with Gasteiger partial charge in [-0.2, -0.15) is 0 Å². The van der Waals surface area contributed by atoms with Crippen LogP contribution in [0.5, 0.6) is 5.75 Å². The Labute approximate surface area is 121 Å². The number of hydrogen-bond donors (Lipinski definition) is 2. The van der Waals surface area contributed by atoms with Gasteiger partial charge in [-0.1, -0.05) is 39.7 Å². The molecule has 20 heavy (non-hydrogen) atoms. The highest BCUT2D eigenvalue weighted by molar-refractivity contribution is 5.94. The molecule has 1 amide bonds. The molecule has 0 saturated carbocycles. The Bertz CT molecular complexity index is 419. The summed E-state index contributed by atoms with van der Waals surface area (Å²) in [7, 11) is 0. The van der Waals surface area contributed by atoms with Gasteiger partial charge in [0.2, 0.25) is 5.91 Å². The van der Waals surface area contributed by atoms with Crippen LogP contribution < -0.4 is 15.8 Å². The quantitative estimate of drug-likeness (QED) is 0.767. The third kappa shape index (κ3) is 6.06. The van der Waals surface area contributed by atoms with Crippen LogP contribution in [0.4, 0.5) is 5.69 Å². The van der Waals surface area contributed by atoms with Crippen molar-refractivity contribution >= 4 is 11.6 Å². The van der Waals surface area contributed by atoms with Gasteiger partial charge in [0.05, 0.1) is 12.6 Å². The highest BCUT2D eigenvalue weighted by Crippen LogP contribution is 2.18. The number of nitrogens with two attached hydrogens (primary N) is 1. The average molecular weight is 278 g/mol. The molecule has 0 aliphatic heterocycles. The summed E-state index contributed by atoms with van der Waals surface area (Å²) in [5.41, 5.74) is 6.57. The molecule has 4 nitrogen and oxygen atoms in total. The Balaban J connectivity index is 2.54. The van der Waals surface area contributed by atoms with Crippen molar-refractivity contribution in [1.82, 2.24) is 0 Å². The Hall–Kier alpha value is -1.55. The lowest BCUT2D eigenvalue weighted by molar-refractivity contribution is -0.117. The molecule has 0 aromatic heterocycles. The Morgan fingerprint density at radius 1 is 1.40 bits per heavy atom. The molecule has 0 aliphatic carbocycles. The van der Waals surface area contributed by atoms with Gasteiger partial charge in [0.25, 0.3) is 0 Å². The first-order valence-electron chi connectivity index (χ1n) is 7.32. The number of unbranched alkanes of at least 4 members (excludes halogenated alkanes) is 1. The molecule has 0 saturated heterocycles. The van der Waals surface area contributed by atoms with Crippen molar-refractivity contribution in [2.75, 3.05) is 11.9 Å². The number of amides is 1. The van der Waals surface area contributed by atoms with Crippen LogP contribution in [0.15, 0.2) is 24.3 Å². The van der Waals surface area contributed by atoms with Crippen molar-refractivity contribution in [3.63, 3.8) is 0 Å². The van der Waals surface area contributed by atoms with Gasteiger partial charge in [0.1, 0.15) is 5.75 Å². The summed E-state index contributed by atoms with van der Waals surface area (Å²) in [6.45, 7) is 6.93. The van der Waals surface area contributed by atoms with E-state index in [1.165, 1.54) is 0 Å². The molecule has 0 fully saturated rings. The number of anilines is 1. The highest BCUT2D eigenvalue weighted by atomic mass is 16.5. The molecular formula is C16H26N2O2. The van der Waals surface area contributed by atoms with Gasteiger partial charge in [0, 0.05) is 11.8 Å². The highest BCUT2D eigenvalue weighted by Gasteiger charge is 2.13. The fourth-order valence-corrected chi connectivity index (χ4v) is 1.72. The molecule has 4 heteroatoms. The summed E-state index contributed by atoms with van der Waals surface area (Å²) in [6.07, 6.45) is 2.72. The standard InChI is InChI=1S/C16H26N2O2/c1-4-5-9-15(17)16(19)18-13-7-6-8-14(10-13)20-11-12(2)3/h6-8,10,12,15H,4-5,9,11,17H2,1-3H3,(H,18,19)/t15-/m0/s1. The minimum atomic E-state index is -0.449. The van der Waals surface area contributed by atoms with E-state index in [4.69, 9.17) is 10.5 Å². The largest absolute Gasteiger partial charge is 0.493 e. The molecule has 0 radical (unpaired) electrons. The zero-order chi connectivity index (χ0) is 15.0. The van der Waals surface area contributed by atoms with Crippen molar-refractivity contribution in [2.24, 2.45) is 11.7 Å². The van der Waals surface area contributed by atoms with E-state index in [9.17, 15) is 4.79 Å². The fraction of sp³-hybridized carbons (Fsp3) is 0.562. The number of benzene rings is 1. The third-order valence-corrected chi connectivity index (χ3v) is 2.89. The summed E-state index contributed by atoms with van der Waals surface area (Å²) >= 11 is 0. The van der Waals surface area contributed by atoms with Crippen molar-refractivity contribution in [2.45, 2.75) is 46.1 Å². The number of rotatable bonds is 8. The monoisotopic (exact) mass is 278 g/mol. The second kappa shape index (κ2) is 8.59. The van der Waals surface area contributed by atoms with E-state index in [0.717, 1.165) is 24.3 Å². The lowest BCUT2D eigenvalue weighted by Gasteiger charge is -2.13. The van der Waals surface area contributed by atoms with E-state index < -0.39 is 6.04 Å². The maximum atomic E-state index is 11.9. The molecular weight excluding hydrogens is 252 g/mol. The molecule has 1 atom stereocenters. The van der Waals surface area contributed by atoms with Gasteiger partial charge in [-0.15, -0.1) is 0 Å². The number of ether oxygens (including phenoxy) is 1. The van der Waals surface area contributed by atoms with Gasteiger partial charge >= 0.3 is 0 Å².